The lowest BCUT2D eigenvalue weighted by Gasteiger charge is -2.23. The van der Waals surface area contributed by atoms with Crippen LogP contribution >= 0.6 is 0 Å². The molecule has 0 aliphatic carbocycles. The maximum Gasteiger partial charge on any atom is 0.222 e. The third kappa shape index (κ3) is 22.7. The fraction of sp³-hybridized carbons (Fsp3) is 0.967. The lowest BCUT2D eigenvalue weighted by atomic mass is 10.1. The predicted octanol–water partition coefficient (Wildman–Crippen LogP) is 10.2. The van der Waals surface area contributed by atoms with Gasteiger partial charge in [0.25, 0.3) is 0 Å². The summed E-state index contributed by atoms with van der Waals surface area (Å²) < 4.78 is 0. The summed E-state index contributed by atoms with van der Waals surface area (Å²) >= 11 is 0. The van der Waals surface area contributed by atoms with Crippen LogP contribution < -0.4 is 0 Å². The Morgan fingerprint density at radius 3 is 1.03 bits per heavy atom. The van der Waals surface area contributed by atoms with Crippen LogP contribution in [-0.2, 0) is 4.79 Å². The SMILES string of the molecule is CCCCCCCCCCCN(CCCCCCCCCCC)C(=O)CCCCCCC. The molecule has 2 heteroatoms. The number of carbonyl (C=O) groups excluding carboxylic acids is 1. The van der Waals surface area contributed by atoms with Crippen molar-refractivity contribution >= 4 is 5.91 Å². The van der Waals surface area contributed by atoms with Gasteiger partial charge in [-0.25, -0.2) is 0 Å². The Hall–Kier alpha value is -0.530. The van der Waals surface area contributed by atoms with Gasteiger partial charge in [-0.3, -0.25) is 4.79 Å². The van der Waals surface area contributed by atoms with E-state index in [4.69, 9.17) is 0 Å². The van der Waals surface area contributed by atoms with E-state index in [0.29, 0.717) is 5.91 Å². The van der Waals surface area contributed by atoms with Gasteiger partial charge < -0.3 is 4.90 Å². The van der Waals surface area contributed by atoms with Crippen LogP contribution in [0.25, 0.3) is 0 Å². The van der Waals surface area contributed by atoms with E-state index >= 15 is 0 Å². The number of nitrogens with zero attached hydrogens (tertiary/aromatic N) is 1. The van der Waals surface area contributed by atoms with E-state index in [1.54, 1.807) is 0 Å². The highest BCUT2D eigenvalue weighted by molar-refractivity contribution is 5.76. The van der Waals surface area contributed by atoms with Gasteiger partial charge in [-0.1, -0.05) is 149 Å². The molecule has 0 aliphatic heterocycles. The van der Waals surface area contributed by atoms with Crippen molar-refractivity contribution in [2.45, 2.75) is 175 Å². The molecule has 0 saturated heterocycles. The molecule has 0 saturated carbocycles. The van der Waals surface area contributed by atoms with Crippen LogP contribution in [-0.4, -0.2) is 23.9 Å². The molecule has 0 radical (unpaired) electrons. The molecular formula is C30H61NO. The molecule has 2 nitrogen and oxygen atoms in total. The minimum Gasteiger partial charge on any atom is -0.343 e. The van der Waals surface area contributed by atoms with Gasteiger partial charge in [0.2, 0.25) is 5.91 Å². The largest absolute Gasteiger partial charge is 0.343 e. The second-order valence-electron chi connectivity index (χ2n) is 10.2. The molecule has 0 atom stereocenters. The van der Waals surface area contributed by atoms with Crippen LogP contribution in [0.5, 0.6) is 0 Å². The van der Waals surface area contributed by atoms with Crippen molar-refractivity contribution in [3.63, 3.8) is 0 Å². The third-order valence-corrected chi connectivity index (χ3v) is 6.91. The summed E-state index contributed by atoms with van der Waals surface area (Å²) in [7, 11) is 0. The first kappa shape index (κ1) is 31.5. The maximum atomic E-state index is 12.8. The lowest BCUT2D eigenvalue weighted by molar-refractivity contribution is -0.131. The molecule has 0 aromatic heterocycles. The Bertz CT molecular complexity index is 346. The molecule has 192 valence electrons. The molecule has 0 aliphatic rings. The first-order valence-corrected chi connectivity index (χ1v) is 15.0. The summed E-state index contributed by atoms with van der Waals surface area (Å²) in [6.45, 7) is 8.82. The summed E-state index contributed by atoms with van der Waals surface area (Å²) in [5.74, 6) is 0.431. The molecule has 1 amide bonds. The molecule has 0 heterocycles. The molecule has 0 fully saturated rings. The number of hydrogen-bond acceptors (Lipinski definition) is 1. The minimum absolute atomic E-state index is 0.431. The van der Waals surface area contributed by atoms with Crippen LogP contribution in [0.4, 0.5) is 0 Å². The number of amides is 1. The van der Waals surface area contributed by atoms with Crippen molar-refractivity contribution in [3.05, 3.63) is 0 Å². The van der Waals surface area contributed by atoms with Gasteiger partial charge in [0.1, 0.15) is 0 Å². The number of hydrogen-bond donors (Lipinski definition) is 0. The van der Waals surface area contributed by atoms with Gasteiger partial charge in [-0.05, 0) is 19.3 Å². The fourth-order valence-electron chi connectivity index (χ4n) is 4.63. The Balaban J connectivity index is 4.00. The lowest BCUT2D eigenvalue weighted by Crippen LogP contribution is -2.32. The van der Waals surface area contributed by atoms with Crippen molar-refractivity contribution in [1.29, 1.82) is 0 Å². The molecule has 0 unspecified atom stereocenters. The van der Waals surface area contributed by atoms with Crippen molar-refractivity contribution in [3.8, 4) is 0 Å². The van der Waals surface area contributed by atoms with E-state index in [1.165, 1.54) is 141 Å². The number of carbonyl (C=O) groups is 1. The second kappa shape index (κ2) is 26.7. The Morgan fingerprint density at radius 2 is 0.688 bits per heavy atom. The topological polar surface area (TPSA) is 20.3 Å². The van der Waals surface area contributed by atoms with Crippen LogP contribution in [0.3, 0.4) is 0 Å². The van der Waals surface area contributed by atoms with Crippen molar-refractivity contribution < 1.29 is 4.79 Å². The average molecular weight is 452 g/mol. The molecular weight excluding hydrogens is 390 g/mol. The quantitative estimate of drug-likeness (QED) is 0.120. The van der Waals surface area contributed by atoms with Crippen molar-refractivity contribution in [2.24, 2.45) is 0 Å². The zero-order chi connectivity index (χ0) is 23.5. The van der Waals surface area contributed by atoms with E-state index < -0.39 is 0 Å². The van der Waals surface area contributed by atoms with Crippen LogP contribution in [0.15, 0.2) is 0 Å². The Labute approximate surface area is 203 Å². The first-order valence-electron chi connectivity index (χ1n) is 15.0. The zero-order valence-electron chi connectivity index (χ0n) is 22.7. The highest BCUT2D eigenvalue weighted by Crippen LogP contribution is 2.14. The van der Waals surface area contributed by atoms with Crippen molar-refractivity contribution in [1.82, 2.24) is 4.90 Å². The molecule has 0 bridgehead atoms. The van der Waals surface area contributed by atoms with Crippen LogP contribution in [0.1, 0.15) is 175 Å². The minimum atomic E-state index is 0.431. The van der Waals surface area contributed by atoms with E-state index in [0.717, 1.165) is 25.9 Å². The average Bonchev–Trinajstić information content (AvgIpc) is 2.80. The van der Waals surface area contributed by atoms with Crippen LogP contribution in [0.2, 0.25) is 0 Å². The van der Waals surface area contributed by atoms with Gasteiger partial charge >= 0.3 is 0 Å². The summed E-state index contributed by atoms with van der Waals surface area (Å²) in [5, 5.41) is 0. The summed E-state index contributed by atoms with van der Waals surface area (Å²) in [6, 6.07) is 0. The molecule has 0 rings (SSSR count). The number of rotatable bonds is 26. The molecule has 0 aromatic carbocycles. The maximum absolute atomic E-state index is 12.8. The van der Waals surface area contributed by atoms with Crippen molar-refractivity contribution in [2.75, 3.05) is 13.1 Å². The smallest absolute Gasteiger partial charge is 0.222 e. The molecule has 32 heavy (non-hydrogen) atoms. The highest BCUT2D eigenvalue weighted by atomic mass is 16.2. The number of unbranched alkanes of at least 4 members (excludes halogenated alkanes) is 20. The zero-order valence-corrected chi connectivity index (χ0v) is 22.7. The van der Waals surface area contributed by atoms with Crippen LogP contribution in [0, 0.1) is 0 Å². The van der Waals surface area contributed by atoms with Gasteiger partial charge in [0, 0.05) is 19.5 Å². The Kier molecular flexibility index (Phi) is 26.3. The van der Waals surface area contributed by atoms with E-state index in [1.807, 2.05) is 0 Å². The van der Waals surface area contributed by atoms with Gasteiger partial charge in [0.15, 0.2) is 0 Å². The summed E-state index contributed by atoms with van der Waals surface area (Å²) in [6.07, 6.45) is 31.4. The summed E-state index contributed by atoms with van der Waals surface area (Å²) in [5.41, 5.74) is 0. The standard InChI is InChI=1S/C30H61NO/c1-4-7-10-13-15-17-19-22-25-28-31(30(32)27-24-21-12-9-6-3)29-26-23-20-18-16-14-11-8-5-2/h4-29H2,1-3H3. The van der Waals surface area contributed by atoms with E-state index in [2.05, 4.69) is 25.7 Å². The Morgan fingerprint density at radius 1 is 0.406 bits per heavy atom. The fourth-order valence-corrected chi connectivity index (χ4v) is 4.63. The highest BCUT2D eigenvalue weighted by Gasteiger charge is 2.12. The molecule has 0 N–H and O–H groups in total. The summed E-state index contributed by atoms with van der Waals surface area (Å²) in [4.78, 5) is 15.1. The monoisotopic (exact) mass is 451 g/mol. The van der Waals surface area contributed by atoms with E-state index in [9.17, 15) is 4.79 Å². The second-order valence-corrected chi connectivity index (χ2v) is 10.2. The first-order chi connectivity index (χ1) is 15.8. The van der Waals surface area contributed by atoms with Gasteiger partial charge in [-0.15, -0.1) is 0 Å². The third-order valence-electron chi connectivity index (χ3n) is 6.91. The van der Waals surface area contributed by atoms with E-state index in [-0.39, 0.29) is 0 Å². The molecule has 0 aromatic rings. The van der Waals surface area contributed by atoms with Gasteiger partial charge in [0.05, 0.1) is 0 Å². The molecule has 0 spiro atoms. The normalized spacial score (nSPS) is 11.2. The van der Waals surface area contributed by atoms with Gasteiger partial charge in [-0.2, -0.15) is 0 Å². The predicted molar refractivity (Wildman–Crippen MR) is 144 cm³/mol.